The monoisotopic (exact) mass is 195 g/mol. The molecule has 0 saturated heterocycles. The Kier molecular flexibility index (Phi) is 6.35. The largest absolute Gasteiger partial charge is 0.402 e. The van der Waals surface area contributed by atoms with Crippen molar-refractivity contribution in [2.24, 2.45) is 17.6 Å². The van der Waals surface area contributed by atoms with Gasteiger partial charge in [-0.3, -0.25) is 0 Å². The van der Waals surface area contributed by atoms with Gasteiger partial charge in [-0.1, -0.05) is 46.8 Å². The Morgan fingerprint density at radius 3 is 2.14 bits per heavy atom. The first-order valence-corrected chi connectivity index (χ1v) is 5.64. The van der Waals surface area contributed by atoms with E-state index in [-0.39, 0.29) is 0 Å². The van der Waals surface area contributed by atoms with Crippen LogP contribution in [-0.4, -0.2) is 0 Å². The van der Waals surface area contributed by atoms with Crippen LogP contribution < -0.4 is 5.73 Å². The first kappa shape index (κ1) is 13.3. The van der Waals surface area contributed by atoms with E-state index in [2.05, 4.69) is 46.8 Å². The highest BCUT2D eigenvalue weighted by Gasteiger charge is 2.06. The van der Waals surface area contributed by atoms with E-state index in [1.165, 1.54) is 5.57 Å². The summed E-state index contributed by atoms with van der Waals surface area (Å²) in [5, 5.41) is 0. The van der Waals surface area contributed by atoms with Gasteiger partial charge >= 0.3 is 0 Å². The summed E-state index contributed by atoms with van der Waals surface area (Å²) in [5.74, 6) is 1.16. The number of nitrogens with two attached hydrogens (primary N) is 1. The predicted octanol–water partition coefficient (Wildman–Crippen LogP) is 3.87. The second-order valence-electron chi connectivity index (χ2n) is 4.54. The van der Waals surface area contributed by atoms with Crippen LogP contribution in [0.25, 0.3) is 0 Å². The summed E-state index contributed by atoms with van der Waals surface area (Å²) in [6.07, 6.45) is 6.44. The number of rotatable bonds is 5. The standard InChI is InChI=1S/C13H25N/c1-6-7-8-12(11(4)5)13(14)9-10(2)3/h7-8,10-11H,6,9,14H2,1-5H3/b8-7-,13-12-. The zero-order chi connectivity index (χ0) is 11.1. The fourth-order valence-corrected chi connectivity index (χ4v) is 1.47. The van der Waals surface area contributed by atoms with Crippen LogP contribution in [0, 0.1) is 11.8 Å². The topological polar surface area (TPSA) is 26.0 Å². The summed E-state index contributed by atoms with van der Waals surface area (Å²) in [6.45, 7) is 10.9. The summed E-state index contributed by atoms with van der Waals surface area (Å²) in [6, 6.07) is 0. The molecule has 1 nitrogen and oxygen atoms in total. The zero-order valence-corrected chi connectivity index (χ0v) is 10.3. The molecular formula is C13H25N. The van der Waals surface area contributed by atoms with Crippen molar-refractivity contribution >= 4 is 0 Å². The van der Waals surface area contributed by atoms with Crippen LogP contribution in [-0.2, 0) is 0 Å². The minimum atomic E-state index is 0.525. The molecule has 0 rings (SSSR count). The molecule has 0 radical (unpaired) electrons. The maximum atomic E-state index is 6.09. The second kappa shape index (κ2) is 6.69. The average Bonchev–Trinajstić information content (AvgIpc) is 2.02. The molecule has 0 aliphatic carbocycles. The Hall–Kier alpha value is -0.720. The van der Waals surface area contributed by atoms with E-state index in [9.17, 15) is 0 Å². The van der Waals surface area contributed by atoms with Gasteiger partial charge in [-0.15, -0.1) is 0 Å². The first-order valence-electron chi connectivity index (χ1n) is 5.64. The van der Waals surface area contributed by atoms with E-state index in [0.29, 0.717) is 11.8 Å². The Balaban J connectivity index is 4.67. The molecule has 0 atom stereocenters. The van der Waals surface area contributed by atoms with Crippen molar-refractivity contribution < 1.29 is 0 Å². The van der Waals surface area contributed by atoms with E-state index in [4.69, 9.17) is 5.73 Å². The molecular weight excluding hydrogens is 170 g/mol. The minimum absolute atomic E-state index is 0.525. The van der Waals surface area contributed by atoms with Gasteiger partial charge < -0.3 is 5.73 Å². The molecule has 0 aromatic carbocycles. The maximum absolute atomic E-state index is 6.09. The molecule has 82 valence electrons. The highest BCUT2D eigenvalue weighted by atomic mass is 14.6. The molecule has 0 heterocycles. The van der Waals surface area contributed by atoms with Crippen molar-refractivity contribution in [1.29, 1.82) is 0 Å². The summed E-state index contributed by atoms with van der Waals surface area (Å²) in [4.78, 5) is 0. The zero-order valence-electron chi connectivity index (χ0n) is 10.3. The molecule has 1 heteroatoms. The lowest BCUT2D eigenvalue weighted by Crippen LogP contribution is -2.08. The van der Waals surface area contributed by atoms with Crippen molar-refractivity contribution in [2.75, 3.05) is 0 Å². The van der Waals surface area contributed by atoms with E-state index in [1.54, 1.807) is 0 Å². The summed E-state index contributed by atoms with van der Waals surface area (Å²) >= 11 is 0. The smallest absolute Gasteiger partial charge is 0.0118 e. The van der Waals surface area contributed by atoms with Crippen LogP contribution in [0.1, 0.15) is 47.5 Å². The Morgan fingerprint density at radius 1 is 1.21 bits per heavy atom. The van der Waals surface area contributed by atoms with Gasteiger partial charge in [0.15, 0.2) is 0 Å². The van der Waals surface area contributed by atoms with E-state index in [0.717, 1.165) is 18.5 Å². The minimum Gasteiger partial charge on any atom is -0.402 e. The van der Waals surface area contributed by atoms with E-state index in [1.807, 2.05) is 0 Å². The van der Waals surface area contributed by atoms with Crippen LogP contribution in [0.4, 0.5) is 0 Å². The normalized spacial score (nSPS) is 14.2. The summed E-state index contributed by atoms with van der Waals surface area (Å²) < 4.78 is 0. The SMILES string of the molecule is CC/C=C\C(=C(\N)CC(C)C)C(C)C. The Labute approximate surface area is 89.1 Å². The van der Waals surface area contributed by atoms with Gasteiger partial charge in [-0.2, -0.15) is 0 Å². The average molecular weight is 195 g/mol. The predicted molar refractivity (Wildman–Crippen MR) is 64.9 cm³/mol. The fraction of sp³-hybridized carbons (Fsp3) is 0.692. The highest BCUT2D eigenvalue weighted by molar-refractivity contribution is 5.25. The fourth-order valence-electron chi connectivity index (χ4n) is 1.47. The molecule has 0 aromatic rings. The van der Waals surface area contributed by atoms with Crippen molar-refractivity contribution in [2.45, 2.75) is 47.5 Å². The van der Waals surface area contributed by atoms with Gasteiger partial charge in [-0.25, -0.2) is 0 Å². The molecule has 0 unspecified atom stereocenters. The lowest BCUT2D eigenvalue weighted by molar-refractivity contribution is 0.624. The van der Waals surface area contributed by atoms with Crippen molar-refractivity contribution in [3.63, 3.8) is 0 Å². The second-order valence-corrected chi connectivity index (χ2v) is 4.54. The van der Waals surface area contributed by atoms with Crippen molar-refractivity contribution in [3.8, 4) is 0 Å². The lowest BCUT2D eigenvalue weighted by Gasteiger charge is -2.13. The molecule has 0 bridgehead atoms. The van der Waals surface area contributed by atoms with Crippen LogP contribution in [0.5, 0.6) is 0 Å². The molecule has 0 saturated carbocycles. The van der Waals surface area contributed by atoms with Crippen LogP contribution in [0.3, 0.4) is 0 Å². The van der Waals surface area contributed by atoms with Gasteiger partial charge in [0, 0.05) is 5.70 Å². The molecule has 0 aliphatic heterocycles. The molecule has 0 spiro atoms. The van der Waals surface area contributed by atoms with Gasteiger partial charge in [0.1, 0.15) is 0 Å². The van der Waals surface area contributed by atoms with Crippen molar-refractivity contribution in [1.82, 2.24) is 0 Å². The summed E-state index contributed by atoms with van der Waals surface area (Å²) in [7, 11) is 0. The quantitative estimate of drug-likeness (QED) is 0.662. The van der Waals surface area contributed by atoms with Crippen LogP contribution >= 0.6 is 0 Å². The molecule has 14 heavy (non-hydrogen) atoms. The Morgan fingerprint density at radius 2 is 1.79 bits per heavy atom. The van der Waals surface area contributed by atoms with E-state index < -0.39 is 0 Å². The van der Waals surface area contributed by atoms with Crippen LogP contribution in [0.15, 0.2) is 23.4 Å². The van der Waals surface area contributed by atoms with Gasteiger partial charge in [0.25, 0.3) is 0 Å². The van der Waals surface area contributed by atoms with E-state index >= 15 is 0 Å². The first-order chi connectivity index (χ1) is 6.49. The van der Waals surface area contributed by atoms with Crippen molar-refractivity contribution in [3.05, 3.63) is 23.4 Å². The third kappa shape index (κ3) is 5.11. The Bertz CT molecular complexity index is 209. The number of allylic oxidation sites excluding steroid dienone is 4. The van der Waals surface area contributed by atoms with Gasteiger partial charge in [-0.05, 0) is 30.3 Å². The molecule has 0 aliphatic rings. The van der Waals surface area contributed by atoms with Crippen LogP contribution in [0.2, 0.25) is 0 Å². The van der Waals surface area contributed by atoms with Gasteiger partial charge in [0.05, 0.1) is 0 Å². The molecule has 0 fully saturated rings. The number of hydrogen-bond acceptors (Lipinski definition) is 1. The third-order valence-corrected chi connectivity index (χ3v) is 2.15. The molecule has 0 amide bonds. The third-order valence-electron chi connectivity index (χ3n) is 2.15. The van der Waals surface area contributed by atoms with Gasteiger partial charge in [0.2, 0.25) is 0 Å². The molecule has 2 N–H and O–H groups in total. The maximum Gasteiger partial charge on any atom is 0.0118 e. The molecule has 0 aromatic heterocycles. The summed E-state index contributed by atoms with van der Waals surface area (Å²) in [5.41, 5.74) is 8.45. The lowest BCUT2D eigenvalue weighted by atomic mass is 9.96. The number of hydrogen-bond donors (Lipinski definition) is 1. The highest BCUT2D eigenvalue weighted by Crippen LogP contribution is 2.18.